The van der Waals surface area contributed by atoms with Crippen molar-refractivity contribution in [2.75, 3.05) is 20.6 Å². The van der Waals surface area contributed by atoms with Gasteiger partial charge in [0.2, 0.25) is 0 Å². The van der Waals surface area contributed by atoms with E-state index < -0.39 is 0 Å². The van der Waals surface area contributed by atoms with Gasteiger partial charge in [0.25, 0.3) is 0 Å². The fourth-order valence-electron chi connectivity index (χ4n) is 4.50. The Bertz CT molecular complexity index is 481. The van der Waals surface area contributed by atoms with E-state index in [0.29, 0.717) is 16.0 Å². The van der Waals surface area contributed by atoms with Crippen molar-refractivity contribution in [3.8, 4) is 0 Å². The van der Waals surface area contributed by atoms with Crippen molar-refractivity contribution in [2.24, 2.45) is 17.8 Å². The summed E-state index contributed by atoms with van der Waals surface area (Å²) in [5.41, 5.74) is 1.40. The molecular weight excluding hydrogens is 325 g/mol. The summed E-state index contributed by atoms with van der Waals surface area (Å²) in [6.45, 7) is 1.19. The summed E-state index contributed by atoms with van der Waals surface area (Å²) in [5, 5.41) is 1.37. The molecule has 0 N–H and O–H groups in total. The monoisotopic (exact) mass is 347 g/mol. The average molecular weight is 349 g/mol. The molecule has 0 radical (unpaired) electrons. The van der Waals surface area contributed by atoms with E-state index in [1.54, 1.807) is 0 Å². The summed E-state index contributed by atoms with van der Waals surface area (Å²) in [7, 11) is 4.38. The number of benzene rings is 1. The zero-order valence-corrected chi connectivity index (χ0v) is 15.0. The lowest BCUT2D eigenvalue weighted by Gasteiger charge is -2.50. The molecule has 21 heavy (non-hydrogen) atoms. The molecular formula is C17H24Cl3N. The van der Waals surface area contributed by atoms with E-state index in [1.807, 2.05) is 6.07 Å². The molecule has 0 heterocycles. The Morgan fingerprint density at radius 2 is 1.62 bits per heavy atom. The number of rotatable bonds is 3. The second-order valence-electron chi connectivity index (χ2n) is 6.80. The molecule has 1 nitrogen and oxygen atoms in total. The fraction of sp³-hybridized carbons (Fsp3) is 0.647. The van der Waals surface area contributed by atoms with Gasteiger partial charge in [-0.1, -0.05) is 29.3 Å². The van der Waals surface area contributed by atoms with Gasteiger partial charge in [-0.3, -0.25) is 0 Å². The standard InChI is InChI=1S/C17H23Cl2N.ClH/c1-20(2)10-14-11-3-5-12(6-4-11)17(14)13-7-8-15(18)16(19)9-13;/h7-9,11-12,14,17H,3-6,10H2,1-2H3;1H/t11?,12?,14-,17?;/m1./s1. The Balaban J connectivity index is 0.00000161. The normalized spacial score (nSPS) is 31.3. The third-order valence-electron chi connectivity index (χ3n) is 5.30. The van der Waals surface area contributed by atoms with Gasteiger partial charge in [0, 0.05) is 6.54 Å². The smallest absolute Gasteiger partial charge is 0.0595 e. The molecule has 4 heteroatoms. The lowest BCUT2D eigenvalue weighted by molar-refractivity contribution is 0.0507. The van der Waals surface area contributed by atoms with Crippen LogP contribution in [0.5, 0.6) is 0 Å². The largest absolute Gasteiger partial charge is 0.309 e. The van der Waals surface area contributed by atoms with Crippen LogP contribution in [-0.4, -0.2) is 25.5 Å². The first-order chi connectivity index (χ1) is 9.56. The lowest BCUT2D eigenvalue weighted by atomic mass is 9.57. The Morgan fingerprint density at radius 1 is 1.00 bits per heavy atom. The van der Waals surface area contributed by atoms with Crippen molar-refractivity contribution in [3.05, 3.63) is 33.8 Å². The van der Waals surface area contributed by atoms with Gasteiger partial charge in [-0.05, 0) is 81.1 Å². The zero-order valence-electron chi connectivity index (χ0n) is 12.7. The van der Waals surface area contributed by atoms with Crippen LogP contribution >= 0.6 is 35.6 Å². The van der Waals surface area contributed by atoms with E-state index in [4.69, 9.17) is 23.2 Å². The van der Waals surface area contributed by atoms with Crippen molar-refractivity contribution in [1.29, 1.82) is 0 Å². The third-order valence-corrected chi connectivity index (χ3v) is 6.03. The highest BCUT2D eigenvalue weighted by atomic mass is 35.5. The first-order valence-electron chi connectivity index (χ1n) is 7.66. The van der Waals surface area contributed by atoms with Crippen LogP contribution in [-0.2, 0) is 0 Å². The van der Waals surface area contributed by atoms with Gasteiger partial charge < -0.3 is 4.90 Å². The van der Waals surface area contributed by atoms with Crippen LogP contribution < -0.4 is 0 Å². The molecule has 3 fully saturated rings. The maximum Gasteiger partial charge on any atom is 0.0595 e. The molecule has 3 aliphatic rings. The second kappa shape index (κ2) is 7.08. The molecule has 2 bridgehead atoms. The van der Waals surface area contributed by atoms with E-state index in [-0.39, 0.29) is 12.4 Å². The summed E-state index contributed by atoms with van der Waals surface area (Å²) in [6, 6.07) is 6.27. The summed E-state index contributed by atoms with van der Waals surface area (Å²) in [4.78, 5) is 2.34. The number of nitrogens with zero attached hydrogens (tertiary/aromatic N) is 1. The summed E-state index contributed by atoms with van der Waals surface area (Å²) in [6.07, 6.45) is 5.61. The molecule has 118 valence electrons. The number of fused-ring (bicyclic) bond motifs is 3. The molecule has 0 amide bonds. The van der Waals surface area contributed by atoms with Crippen LogP contribution in [0.3, 0.4) is 0 Å². The summed E-state index contributed by atoms with van der Waals surface area (Å²) >= 11 is 12.3. The quantitative estimate of drug-likeness (QED) is 0.697. The molecule has 1 aromatic rings. The van der Waals surface area contributed by atoms with Crippen molar-refractivity contribution < 1.29 is 0 Å². The number of halogens is 3. The maximum atomic E-state index is 6.25. The lowest BCUT2D eigenvalue weighted by Crippen LogP contribution is -2.43. The second-order valence-corrected chi connectivity index (χ2v) is 7.61. The van der Waals surface area contributed by atoms with Crippen LogP contribution in [0.1, 0.15) is 37.2 Å². The summed E-state index contributed by atoms with van der Waals surface area (Å²) in [5.74, 6) is 3.17. The van der Waals surface area contributed by atoms with Gasteiger partial charge in [0.1, 0.15) is 0 Å². The minimum absolute atomic E-state index is 0. The molecule has 0 spiro atoms. The minimum Gasteiger partial charge on any atom is -0.309 e. The van der Waals surface area contributed by atoms with Gasteiger partial charge in [0.15, 0.2) is 0 Å². The molecule has 4 rings (SSSR count). The minimum atomic E-state index is 0. The van der Waals surface area contributed by atoms with Gasteiger partial charge in [-0.25, -0.2) is 0 Å². The van der Waals surface area contributed by atoms with Gasteiger partial charge >= 0.3 is 0 Å². The predicted molar refractivity (Wildman–Crippen MR) is 93.9 cm³/mol. The van der Waals surface area contributed by atoms with Crippen LogP contribution in [0.2, 0.25) is 10.0 Å². The van der Waals surface area contributed by atoms with Gasteiger partial charge in [-0.2, -0.15) is 0 Å². The zero-order chi connectivity index (χ0) is 14.3. The van der Waals surface area contributed by atoms with Crippen molar-refractivity contribution >= 4 is 35.6 Å². The van der Waals surface area contributed by atoms with Crippen LogP contribution in [0.4, 0.5) is 0 Å². The number of hydrogen-bond donors (Lipinski definition) is 0. The fourth-order valence-corrected chi connectivity index (χ4v) is 4.80. The van der Waals surface area contributed by atoms with Gasteiger partial charge in [-0.15, -0.1) is 12.4 Å². The maximum absolute atomic E-state index is 6.25. The highest BCUT2D eigenvalue weighted by molar-refractivity contribution is 6.42. The van der Waals surface area contributed by atoms with Crippen molar-refractivity contribution in [2.45, 2.75) is 31.6 Å². The van der Waals surface area contributed by atoms with Crippen LogP contribution in [0.15, 0.2) is 18.2 Å². The molecule has 2 atom stereocenters. The average Bonchev–Trinajstić information content (AvgIpc) is 2.43. The van der Waals surface area contributed by atoms with Crippen LogP contribution in [0.25, 0.3) is 0 Å². The molecule has 0 saturated heterocycles. The molecule has 1 unspecified atom stereocenters. The predicted octanol–water partition coefficient (Wildman–Crippen LogP) is 5.50. The van der Waals surface area contributed by atoms with E-state index in [1.165, 1.54) is 37.8 Å². The van der Waals surface area contributed by atoms with Crippen molar-refractivity contribution in [1.82, 2.24) is 4.90 Å². The van der Waals surface area contributed by atoms with Crippen LogP contribution in [0, 0.1) is 17.8 Å². The third kappa shape index (κ3) is 3.52. The molecule has 0 aliphatic heterocycles. The highest BCUT2D eigenvalue weighted by Crippen LogP contribution is 2.53. The first kappa shape index (κ1) is 17.4. The Morgan fingerprint density at radius 3 is 2.19 bits per heavy atom. The van der Waals surface area contributed by atoms with Crippen molar-refractivity contribution in [3.63, 3.8) is 0 Å². The Kier molecular flexibility index (Phi) is 5.87. The molecule has 1 aromatic carbocycles. The Labute approximate surface area is 144 Å². The van der Waals surface area contributed by atoms with Gasteiger partial charge in [0.05, 0.1) is 10.0 Å². The van der Waals surface area contributed by atoms with E-state index in [2.05, 4.69) is 31.1 Å². The molecule has 3 aliphatic carbocycles. The highest BCUT2D eigenvalue weighted by Gasteiger charge is 2.44. The van der Waals surface area contributed by atoms with E-state index in [9.17, 15) is 0 Å². The SMILES string of the molecule is CN(C)C[C@@H]1C2CCC(CC2)C1c1ccc(Cl)c(Cl)c1.Cl. The molecule has 0 aromatic heterocycles. The van der Waals surface area contributed by atoms with E-state index in [0.717, 1.165) is 17.8 Å². The number of hydrogen-bond acceptors (Lipinski definition) is 1. The topological polar surface area (TPSA) is 3.24 Å². The summed E-state index contributed by atoms with van der Waals surface area (Å²) < 4.78 is 0. The van der Waals surface area contributed by atoms with E-state index >= 15 is 0 Å². The molecule has 3 saturated carbocycles. The Hall–Kier alpha value is 0.0500. The first-order valence-corrected chi connectivity index (χ1v) is 8.41.